The van der Waals surface area contributed by atoms with Gasteiger partial charge in [0.2, 0.25) is 0 Å². The monoisotopic (exact) mass is 833 g/mol. The zero-order chi connectivity index (χ0) is 43.7. The van der Waals surface area contributed by atoms with E-state index in [0.29, 0.717) is 12.8 Å². The van der Waals surface area contributed by atoms with Crippen LogP contribution in [0, 0.1) is 0 Å². The molecule has 0 aliphatic heterocycles. The van der Waals surface area contributed by atoms with E-state index < -0.39 is 12.1 Å². The van der Waals surface area contributed by atoms with Crippen molar-refractivity contribution in [2.75, 3.05) is 13.2 Å². The first kappa shape index (κ1) is 56.3. The lowest BCUT2D eigenvalue weighted by atomic mass is 10.1. The quantitative estimate of drug-likeness (QED) is 0.0264. The van der Waals surface area contributed by atoms with Gasteiger partial charge in [0.05, 0.1) is 6.42 Å². The van der Waals surface area contributed by atoms with Gasteiger partial charge in [-0.15, -0.1) is 0 Å². The molecule has 6 nitrogen and oxygen atoms in total. The molecular formula is C54H88O6. The first-order chi connectivity index (χ1) is 29.5. The number of esters is 3. The third kappa shape index (κ3) is 45.4. The molecule has 0 saturated heterocycles. The van der Waals surface area contributed by atoms with Crippen molar-refractivity contribution < 1.29 is 28.6 Å². The Balaban J connectivity index is 4.50. The van der Waals surface area contributed by atoms with Crippen LogP contribution in [-0.2, 0) is 28.6 Å². The van der Waals surface area contributed by atoms with Crippen molar-refractivity contribution in [3.05, 3.63) is 97.2 Å². The van der Waals surface area contributed by atoms with Crippen LogP contribution >= 0.6 is 0 Å². The van der Waals surface area contributed by atoms with Crippen molar-refractivity contribution in [3.8, 4) is 0 Å². The van der Waals surface area contributed by atoms with E-state index in [2.05, 4.69) is 106 Å². The van der Waals surface area contributed by atoms with Gasteiger partial charge in [-0.2, -0.15) is 0 Å². The summed E-state index contributed by atoms with van der Waals surface area (Å²) < 4.78 is 16.6. The van der Waals surface area contributed by atoms with Gasteiger partial charge in [0.1, 0.15) is 13.2 Å². The zero-order valence-electron chi connectivity index (χ0n) is 38.7. The lowest BCUT2D eigenvalue weighted by molar-refractivity contribution is -0.166. The molecule has 340 valence electrons. The molecule has 1 atom stereocenters. The molecule has 0 aliphatic rings. The van der Waals surface area contributed by atoms with E-state index in [4.69, 9.17) is 14.2 Å². The molecule has 0 heterocycles. The Morgan fingerprint density at radius 1 is 0.367 bits per heavy atom. The van der Waals surface area contributed by atoms with E-state index in [1.54, 1.807) is 6.08 Å². The largest absolute Gasteiger partial charge is 0.462 e. The lowest BCUT2D eigenvalue weighted by Crippen LogP contribution is -2.30. The zero-order valence-corrected chi connectivity index (χ0v) is 38.7. The molecule has 6 heteroatoms. The molecule has 60 heavy (non-hydrogen) atoms. The molecule has 0 saturated carbocycles. The summed E-state index contributed by atoms with van der Waals surface area (Å²) in [5.41, 5.74) is 0. The number of allylic oxidation sites excluding steroid dienone is 15. The van der Waals surface area contributed by atoms with Crippen molar-refractivity contribution in [3.63, 3.8) is 0 Å². The van der Waals surface area contributed by atoms with E-state index >= 15 is 0 Å². The first-order valence-corrected chi connectivity index (χ1v) is 24.2. The number of hydrogen-bond donors (Lipinski definition) is 0. The fourth-order valence-corrected chi connectivity index (χ4v) is 6.30. The van der Waals surface area contributed by atoms with E-state index in [1.807, 2.05) is 6.08 Å². The average Bonchev–Trinajstić information content (AvgIpc) is 3.24. The molecule has 0 bridgehead atoms. The number of rotatable bonds is 42. The minimum atomic E-state index is -0.833. The van der Waals surface area contributed by atoms with Crippen LogP contribution in [0.1, 0.15) is 207 Å². The number of carbonyl (C=O) groups excluding carboxylic acids is 3. The second-order valence-electron chi connectivity index (χ2n) is 15.6. The maximum atomic E-state index is 12.7. The molecule has 0 radical (unpaired) electrons. The highest BCUT2D eigenvalue weighted by atomic mass is 16.6. The third-order valence-corrected chi connectivity index (χ3v) is 9.87. The predicted molar refractivity (Wildman–Crippen MR) is 256 cm³/mol. The third-order valence-electron chi connectivity index (χ3n) is 9.87. The van der Waals surface area contributed by atoms with Crippen LogP contribution in [0.3, 0.4) is 0 Å². The van der Waals surface area contributed by atoms with Gasteiger partial charge < -0.3 is 14.2 Å². The summed E-state index contributed by atoms with van der Waals surface area (Å²) in [6, 6.07) is 0. The van der Waals surface area contributed by atoms with Gasteiger partial charge in [0, 0.05) is 12.8 Å². The van der Waals surface area contributed by atoms with Gasteiger partial charge >= 0.3 is 17.9 Å². The Labute approximate surface area is 368 Å². The van der Waals surface area contributed by atoms with E-state index in [1.165, 1.54) is 70.6 Å². The van der Waals surface area contributed by atoms with Gasteiger partial charge in [0.25, 0.3) is 0 Å². The fourth-order valence-electron chi connectivity index (χ4n) is 6.30. The van der Waals surface area contributed by atoms with Crippen molar-refractivity contribution in [2.45, 2.75) is 213 Å². The molecule has 0 aromatic rings. The van der Waals surface area contributed by atoms with Crippen LogP contribution in [0.5, 0.6) is 0 Å². The summed E-state index contributed by atoms with van der Waals surface area (Å²) >= 11 is 0. The molecule has 0 spiro atoms. The smallest absolute Gasteiger partial charge is 0.310 e. The van der Waals surface area contributed by atoms with Crippen LogP contribution < -0.4 is 0 Å². The maximum absolute atomic E-state index is 12.7. The molecule has 0 aromatic heterocycles. The SMILES string of the molecule is CC/C=C\C/C=C\C/C=C\C/C=C\C/C=C\CC(=O)OC(COC(=O)CCCCCCCCC/C=C\C/C=C\C/C=C\CC)COC(=O)CCCCCCCCCCCC. The summed E-state index contributed by atoms with van der Waals surface area (Å²) in [5, 5.41) is 0. The molecule has 0 amide bonds. The minimum absolute atomic E-state index is 0.0935. The Hall–Kier alpha value is -3.67. The normalized spacial score (nSPS) is 12.9. The predicted octanol–water partition coefficient (Wildman–Crippen LogP) is 15.8. The van der Waals surface area contributed by atoms with Crippen molar-refractivity contribution >= 4 is 17.9 Å². The fraction of sp³-hybridized carbons (Fsp3) is 0.648. The van der Waals surface area contributed by atoms with Crippen LogP contribution in [0.25, 0.3) is 0 Å². The van der Waals surface area contributed by atoms with Gasteiger partial charge in [-0.3, -0.25) is 14.4 Å². The Morgan fingerprint density at radius 2 is 0.700 bits per heavy atom. The number of carbonyl (C=O) groups is 3. The van der Waals surface area contributed by atoms with Crippen molar-refractivity contribution in [2.24, 2.45) is 0 Å². The highest BCUT2D eigenvalue weighted by Gasteiger charge is 2.19. The summed E-state index contributed by atoms with van der Waals surface area (Å²) in [6.07, 6.45) is 62.7. The average molecular weight is 833 g/mol. The van der Waals surface area contributed by atoms with Crippen LogP contribution in [0.15, 0.2) is 97.2 Å². The number of hydrogen-bond acceptors (Lipinski definition) is 6. The highest BCUT2D eigenvalue weighted by Crippen LogP contribution is 2.13. The Kier molecular flexibility index (Phi) is 45.1. The molecular weight excluding hydrogens is 745 g/mol. The summed E-state index contributed by atoms with van der Waals surface area (Å²) in [7, 11) is 0. The van der Waals surface area contributed by atoms with Crippen LogP contribution in [0.2, 0.25) is 0 Å². The van der Waals surface area contributed by atoms with E-state index in [9.17, 15) is 14.4 Å². The highest BCUT2D eigenvalue weighted by molar-refractivity contribution is 5.72. The maximum Gasteiger partial charge on any atom is 0.310 e. The van der Waals surface area contributed by atoms with E-state index in [-0.39, 0.29) is 31.6 Å². The minimum Gasteiger partial charge on any atom is -0.462 e. The summed E-state index contributed by atoms with van der Waals surface area (Å²) in [5.74, 6) is -1.07. The molecule has 1 unspecified atom stereocenters. The topological polar surface area (TPSA) is 78.9 Å². The Morgan fingerprint density at radius 3 is 1.10 bits per heavy atom. The van der Waals surface area contributed by atoms with Crippen molar-refractivity contribution in [1.29, 1.82) is 0 Å². The standard InChI is InChI=1S/C54H88O6/c1-4-7-10-13-16-19-22-24-26-27-29-30-32-35-38-41-44-47-53(56)59-50-51(49-58-52(55)46-43-40-37-34-21-18-15-12-9-6-3)60-54(57)48-45-42-39-36-33-31-28-25-23-20-17-14-11-8-5-2/h7-8,10-11,16-17,19-20,24-26,28,33,36,42,45,51H,4-6,9,12-15,18,21-23,27,29-32,34-35,37-41,43-44,46-50H2,1-3H3/b10-7-,11-8-,19-16-,20-17-,26-24-,28-25-,36-33-,45-42-. The van der Waals surface area contributed by atoms with Crippen LogP contribution in [0.4, 0.5) is 0 Å². The second kappa shape index (κ2) is 48.0. The van der Waals surface area contributed by atoms with Gasteiger partial charge in [0.15, 0.2) is 6.10 Å². The van der Waals surface area contributed by atoms with Gasteiger partial charge in [-0.1, -0.05) is 208 Å². The van der Waals surface area contributed by atoms with E-state index in [0.717, 1.165) is 96.3 Å². The van der Waals surface area contributed by atoms with Crippen molar-refractivity contribution in [1.82, 2.24) is 0 Å². The second-order valence-corrected chi connectivity index (χ2v) is 15.6. The Bertz CT molecular complexity index is 1230. The van der Waals surface area contributed by atoms with Gasteiger partial charge in [-0.05, 0) is 77.0 Å². The molecule has 0 aromatic carbocycles. The summed E-state index contributed by atoms with van der Waals surface area (Å²) in [4.78, 5) is 37.8. The molecule has 0 N–H and O–H groups in total. The molecule has 0 aliphatic carbocycles. The molecule has 0 rings (SSSR count). The van der Waals surface area contributed by atoms with Crippen LogP contribution in [-0.4, -0.2) is 37.2 Å². The lowest BCUT2D eigenvalue weighted by Gasteiger charge is -2.18. The summed E-state index contributed by atoms with van der Waals surface area (Å²) in [6.45, 7) is 6.29. The number of unbranched alkanes of at least 4 members (excludes halogenated alkanes) is 16. The van der Waals surface area contributed by atoms with Gasteiger partial charge in [-0.25, -0.2) is 0 Å². The molecule has 0 fully saturated rings. The number of ether oxygens (including phenoxy) is 3. The first-order valence-electron chi connectivity index (χ1n) is 24.2.